The van der Waals surface area contributed by atoms with Crippen molar-refractivity contribution in [3.63, 3.8) is 0 Å². The van der Waals surface area contributed by atoms with Crippen LogP contribution in [0, 0.1) is 17.4 Å². The first-order valence-corrected chi connectivity index (χ1v) is 21.5. The molecule has 40 heavy (non-hydrogen) atoms. The molecule has 0 aliphatic heterocycles. The Morgan fingerprint density at radius 2 is 1.62 bits per heavy atom. The van der Waals surface area contributed by atoms with E-state index in [1.54, 1.807) is 6.07 Å². The summed E-state index contributed by atoms with van der Waals surface area (Å²) in [5, 5.41) is 1.81. The summed E-state index contributed by atoms with van der Waals surface area (Å²) in [7, 11) is -3.70. The zero-order valence-electron chi connectivity index (χ0n) is 27.1. The molecule has 2 aromatic heterocycles. The van der Waals surface area contributed by atoms with E-state index in [1.807, 2.05) is 17.0 Å². The summed E-state index contributed by atoms with van der Waals surface area (Å²) < 4.78 is 8.50. The van der Waals surface area contributed by atoms with Gasteiger partial charge < -0.3 is 4.43 Å². The molecule has 1 aliphatic carbocycles. The zero-order valence-corrected chi connectivity index (χ0v) is 30.0. The molecule has 0 spiro atoms. The molecule has 0 radical (unpaired) electrons. The lowest BCUT2D eigenvalue weighted by Gasteiger charge is -2.38. The second kappa shape index (κ2) is 12.8. The topological polar surface area (TPSA) is 57.0 Å². The van der Waals surface area contributed by atoms with Gasteiger partial charge in [0.1, 0.15) is 13.7 Å². The molecule has 1 fully saturated rings. The van der Waals surface area contributed by atoms with Crippen molar-refractivity contribution in [1.29, 1.82) is 0 Å². The molecule has 0 amide bonds. The van der Waals surface area contributed by atoms with Gasteiger partial charge in [-0.3, -0.25) is 9.36 Å². The Morgan fingerprint density at radius 1 is 1.05 bits per heavy atom. The van der Waals surface area contributed by atoms with Gasteiger partial charge >= 0.3 is 0 Å². The highest BCUT2D eigenvalue weighted by Crippen LogP contribution is 2.41. The second-order valence-corrected chi connectivity index (χ2v) is 25.4. The minimum Gasteiger partial charge on any atom is -0.417 e. The lowest BCUT2D eigenvalue weighted by atomic mass is 9.86. The maximum atomic E-state index is 13.7. The average molecular weight is 600 g/mol. The number of thioether (sulfide) groups is 1. The zero-order chi connectivity index (χ0) is 30.0. The smallest absolute Gasteiger partial charge is 0.253 e. The summed E-state index contributed by atoms with van der Waals surface area (Å²) in [5.74, 6) is 4.08. The fourth-order valence-electron chi connectivity index (χ4n) is 6.38. The Kier molecular flexibility index (Phi) is 10.6. The number of aromatic nitrogens is 3. The van der Waals surface area contributed by atoms with E-state index in [0.29, 0.717) is 27.7 Å². The molecule has 3 rings (SSSR count). The number of nitrogens with zero attached hydrogens (tertiary/aromatic N) is 3. The Morgan fingerprint density at radius 3 is 2.12 bits per heavy atom. The van der Waals surface area contributed by atoms with E-state index in [9.17, 15) is 4.79 Å². The lowest BCUT2D eigenvalue weighted by Crippen LogP contribution is -2.43. The molecular weight excluding hydrogens is 547 g/mol. The standard InChI is InChI=1S/C32H53N3O2SSi2/c1-22(2)40(23(3)4,24(5)6)18-17-26-19-29(36)35(30-28(26)20-33-31(34-30)38-10)27-15-13-25(14-16-27)21-37-39(11,12)32(7,8)9/h19-20,22-25,27H,13-16,21H2,1-12H3. The quantitative estimate of drug-likeness (QED) is 0.131. The van der Waals surface area contributed by atoms with Gasteiger partial charge in [0.15, 0.2) is 13.5 Å². The molecule has 2 aromatic rings. The van der Waals surface area contributed by atoms with Gasteiger partial charge in [0.2, 0.25) is 0 Å². The molecule has 5 nitrogen and oxygen atoms in total. The summed E-state index contributed by atoms with van der Waals surface area (Å²) in [6, 6.07) is 1.89. The van der Waals surface area contributed by atoms with Gasteiger partial charge in [-0.1, -0.05) is 80.0 Å². The number of rotatable bonds is 8. The Hall–Kier alpha value is -1.41. The van der Waals surface area contributed by atoms with Crippen LogP contribution in [-0.2, 0) is 4.43 Å². The first-order valence-electron chi connectivity index (χ1n) is 15.2. The fraction of sp³-hybridized carbons (Fsp3) is 0.719. The van der Waals surface area contributed by atoms with Crippen LogP contribution >= 0.6 is 11.8 Å². The molecular formula is C32H53N3O2SSi2. The van der Waals surface area contributed by atoms with E-state index in [1.165, 1.54) is 11.8 Å². The van der Waals surface area contributed by atoms with Crippen LogP contribution in [0.15, 0.2) is 22.2 Å². The Balaban J connectivity index is 1.97. The molecule has 0 N–H and O–H groups in total. The first kappa shape index (κ1) is 33.1. The van der Waals surface area contributed by atoms with Crippen molar-refractivity contribution >= 4 is 39.2 Å². The third kappa shape index (κ3) is 6.80. The van der Waals surface area contributed by atoms with E-state index in [4.69, 9.17) is 9.41 Å². The summed E-state index contributed by atoms with van der Waals surface area (Å²) >= 11 is 1.51. The lowest BCUT2D eigenvalue weighted by molar-refractivity contribution is 0.172. The predicted molar refractivity (Wildman–Crippen MR) is 178 cm³/mol. The van der Waals surface area contributed by atoms with Crippen molar-refractivity contribution in [2.75, 3.05) is 12.9 Å². The highest BCUT2D eigenvalue weighted by Gasteiger charge is 2.42. The Bertz CT molecular complexity index is 1270. The number of hydrogen-bond donors (Lipinski definition) is 0. The molecule has 0 atom stereocenters. The monoisotopic (exact) mass is 599 g/mol. The molecule has 1 aliphatic rings. The molecule has 0 saturated heterocycles. The van der Waals surface area contributed by atoms with Crippen molar-refractivity contribution in [2.45, 2.75) is 134 Å². The van der Waals surface area contributed by atoms with E-state index < -0.39 is 16.4 Å². The van der Waals surface area contributed by atoms with Gasteiger partial charge in [-0.15, -0.1) is 5.54 Å². The van der Waals surface area contributed by atoms with E-state index in [-0.39, 0.29) is 16.6 Å². The van der Waals surface area contributed by atoms with Gasteiger partial charge in [0.05, 0.1) is 5.39 Å². The van der Waals surface area contributed by atoms with Crippen LogP contribution in [0.1, 0.15) is 99.6 Å². The number of hydrogen-bond acceptors (Lipinski definition) is 5. The number of fused-ring (bicyclic) bond motifs is 1. The molecule has 0 aromatic carbocycles. The van der Waals surface area contributed by atoms with Crippen LogP contribution in [0.3, 0.4) is 0 Å². The minimum absolute atomic E-state index is 0.00874. The van der Waals surface area contributed by atoms with Gasteiger partial charge in [0, 0.05) is 30.5 Å². The molecule has 0 bridgehead atoms. The first-order chi connectivity index (χ1) is 18.5. The largest absolute Gasteiger partial charge is 0.417 e. The average Bonchev–Trinajstić information content (AvgIpc) is 2.86. The van der Waals surface area contributed by atoms with Crippen molar-refractivity contribution in [1.82, 2.24) is 14.5 Å². The van der Waals surface area contributed by atoms with Crippen LogP contribution < -0.4 is 5.56 Å². The molecule has 2 heterocycles. The van der Waals surface area contributed by atoms with E-state index >= 15 is 0 Å². The highest BCUT2D eigenvalue weighted by atomic mass is 32.2. The van der Waals surface area contributed by atoms with Crippen LogP contribution in [0.25, 0.3) is 11.0 Å². The summed E-state index contributed by atoms with van der Waals surface area (Å²) in [4.78, 5) is 23.2. The van der Waals surface area contributed by atoms with Crippen LogP contribution in [0.4, 0.5) is 0 Å². The van der Waals surface area contributed by atoms with Crippen LogP contribution in [0.2, 0.25) is 34.8 Å². The Labute approximate surface area is 249 Å². The van der Waals surface area contributed by atoms with Crippen molar-refractivity contribution in [3.8, 4) is 11.5 Å². The normalized spacial score (nSPS) is 19.0. The maximum absolute atomic E-state index is 13.7. The summed E-state index contributed by atoms with van der Waals surface area (Å²) in [6.07, 6.45) is 7.94. The molecule has 222 valence electrons. The van der Waals surface area contributed by atoms with E-state index in [2.05, 4.69) is 91.9 Å². The summed E-state index contributed by atoms with van der Waals surface area (Å²) in [6.45, 7) is 26.3. The highest BCUT2D eigenvalue weighted by molar-refractivity contribution is 7.98. The predicted octanol–water partition coefficient (Wildman–Crippen LogP) is 8.84. The van der Waals surface area contributed by atoms with Crippen molar-refractivity contribution < 1.29 is 4.43 Å². The van der Waals surface area contributed by atoms with Crippen molar-refractivity contribution in [2.24, 2.45) is 5.92 Å². The molecule has 1 saturated carbocycles. The third-order valence-corrected chi connectivity index (χ3v) is 21.3. The van der Waals surface area contributed by atoms with Gasteiger partial charge in [0.25, 0.3) is 5.56 Å². The number of pyridine rings is 1. The van der Waals surface area contributed by atoms with Gasteiger partial charge in [-0.2, -0.15) is 0 Å². The van der Waals surface area contributed by atoms with Crippen LogP contribution in [0.5, 0.6) is 0 Å². The summed E-state index contributed by atoms with van der Waals surface area (Å²) in [5.41, 5.74) is 6.92. The molecule has 0 unspecified atom stereocenters. The van der Waals surface area contributed by atoms with Gasteiger partial charge in [-0.25, -0.2) is 9.97 Å². The molecule has 8 heteroatoms. The van der Waals surface area contributed by atoms with Crippen molar-refractivity contribution in [3.05, 3.63) is 28.2 Å². The van der Waals surface area contributed by atoms with Crippen LogP contribution in [-0.4, -0.2) is 43.8 Å². The maximum Gasteiger partial charge on any atom is 0.253 e. The SMILES string of the molecule is CSc1ncc2c(C#C[Si](C(C)C)(C(C)C)C(C)C)cc(=O)n(C3CCC(CO[Si](C)(C)C(C)(C)C)CC3)c2n1. The third-order valence-electron chi connectivity index (χ3n) is 9.90. The minimum atomic E-state index is -1.94. The van der Waals surface area contributed by atoms with Gasteiger partial charge in [-0.05, 0) is 72.6 Å². The fourth-order valence-corrected chi connectivity index (χ4v) is 13.0. The second-order valence-electron chi connectivity index (χ2n) is 14.3. The van der Waals surface area contributed by atoms with E-state index in [0.717, 1.165) is 48.9 Å².